The lowest BCUT2D eigenvalue weighted by Crippen LogP contribution is -2.41. The van der Waals surface area contributed by atoms with E-state index in [0.29, 0.717) is 11.5 Å². The number of aromatic amines is 1. The summed E-state index contributed by atoms with van der Waals surface area (Å²) >= 11 is 6.18. The molecule has 0 spiro atoms. The van der Waals surface area contributed by atoms with Gasteiger partial charge in [-0.3, -0.25) is 14.3 Å². The number of halogens is 1. The average Bonchev–Trinajstić information content (AvgIpc) is 3.11. The van der Waals surface area contributed by atoms with Gasteiger partial charge in [0.2, 0.25) is 0 Å². The van der Waals surface area contributed by atoms with Crippen molar-refractivity contribution in [3.63, 3.8) is 0 Å². The minimum absolute atomic E-state index is 0.0406. The summed E-state index contributed by atoms with van der Waals surface area (Å²) in [5.41, 5.74) is 0.125. The largest absolute Gasteiger partial charge is 0.329 e. The first-order valence-electron chi connectivity index (χ1n) is 8.13. The predicted molar refractivity (Wildman–Crippen MR) is 84.2 cm³/mol. The Morgan fingerprint density at radius 2 is 1.67 bits per heavy atom. The molecule has 21 heavy (non-hydrogen) atoms. The quantitative estimate of drug-likeness (QED) is 0.867. The molecule has 2 saturated carbocycles. The Balaban J connectivity index is 2.05. The number of nitrogens with one attached hydrogen (secondary N) is 1. The van der Waals surface area contributed by atoms with E-state index < -0.39 is 0 Å². The van der Waals surface area contributed by atoms with Crippen molar-refractivity contribution in [3.05, 3.63) is 31.6 Å². The fraction of sp³-hybridized carbons (Fsp3) is 0.750. The smallest absolute Gasteiger partial charge is 0.297 e. The lowest BCUT2D eigenvalue weighted by atomic mass is 9.97. The third-order valence-electron chi connectivity index (χ3n) is 5.37. The number of rotatable bonds is 3. The van der Waals surface area contributed by atoms with E-state index in [1.165, 1.54) is 17.4 Å². The van der Waals surface area contributed by atoms with Crippen molar-refractivity contribution in [1.29, 1.82) is 0 Å². The van der Waals surface area contributed by atoms with Gasteiger partial charge in [0.05, 0.1) is 5.56 Å². The molecule has 0 saturated heterocycles. The standard InChI is InChI=1S/C16H23ClN2O2/c1-10(11-6-2-3-7-11)19-15(20)13(12-8-4-5-9-12)14(17)18-16(19)21/h10-12H,2-9H2,1H3,(H,18,21). The summed E-state index contributed by atoms with van der Waals surface area (Å²) in [6.07, 6.45) is 8.88. The zero-order valence-electron chi connectivity index (χ0n) is 12.5. The van der Waals surface area contributed by atoms with E-state index in [1.807, 2.05) is 6.92 Å². The minimum Gasteiger partial charge on any atom is -0.297 e. The number of aromatic nitrogens is 2. The molecule has 1 unspecified atom stereocenters. The highest BCUT2D eigenvalue weighted by molar-refractivity contribution is 6.30. The maximum atomic E-state index is 12.9. The second-order valence-electron chi connectivity index (χ2n) is 6.60. The summed E-state index contributed by atoms with van der Waals surface area (Å²) in [5, 5.41) is 0.256. The third-order valence-corrected chi connectivity index (χ3v) is 5.67. The zero-order chi connectivity index (χ0) is 15.0. The molecule has 0 aliphatic heterocycles. The Hall–Kier alpha value is -1.03. The van der Waals surface area contributed by atoms with Crippen molar-refractivity contribution >= 4 is 11.6 Å². The van der Waals surface area contributed by atoms with Crippen molar-refractivity contribution in [2.24, 2.45) is 5.92 Å². The van der Waals surface area contributed by atoms with E-state index in [2.05, 4.69) is 4.98 Å². The molecule has 1 aromatic rings. The van der Waals surface area contributed by atoms with Crippen molar-refractivity contribution in [2.45, 2.75) is 70.3 Å². The Labute approximate surface area is 129 Å². The van der Waals surface area contributed by atoms with Crippen LogP contribution < -0.4 is 11.2 Å². The molecule has 4 nitrogen and oxygen atoms in total. The van der Waals surface area contributed by atoms with Crippen LogP contribution in [0, 0.1) is 5.92 Å². The van der Waals surface area contributed by atoms with Gasteiger partial charge in [-0.15, -0.1) is 0 Å². The molecule has 2 aliphatic carbocycles. The second-order valence-corrected chi connectivity index (χ2v) is 6.98. The van der Waals surface area contributed by atoms with Crippen molar-refractivity contribution < 1.29 is 0 Å². The maximum Gasteiger partial charge on any atom is 0.329 e. The topological polar surface area (TPSA) is 54.9 Å². The normalized spacial score (nSPS) is 22.0. The number of hydrogen-bond acceptors (Lipinski definition) is 2. The molecule has 1 N–H and O–H groups in total. The second kappa shape index (κ2) is 5.99. The van der Waals surface area contributed by atoms with Crippen LogP contribution >= 0.6 is 11.6 Å². The summed E-state index contributed by atoms with van der Waals surface area (Å²) in [4.78, 5) is 27.8. The van der Waals surface area contributed by atoms with Crippen LogP contribution in [-0.2, 0) is 0 Å². The molecule has 2 fully saturated rings. The van der Waals surface area contributed by atoms with E-state index >= 15 is 0 Å². The van der Waals surface area contributed by atoms with Gasteiger partial charge in [0.15, 0.2) is 0 Å². The fourth-order valence-electron chi connectivity index (χ4n) is 4.13. The van der Waals surface area contributed by atoms with Crippen molar-refractivity contribution in [3.8, 4) is 0 Å². The molecule has 3 rings (SSSR count). The Kier molecular flexibility index (Phi) is 4.25. The fourth-order valence-corrected chi connectivity index (χ4v) is 4.44. The highest BCUT2D eigenvalue weighted by atomic mass is 35.5. The lowest BCUT2D eigenvalue weighted by Gasteiger charge is -2.22. The van der Waals surface area contributed by atoms with Gasteiger partial charge in [-0.05, 0) is 44.4 Å². The van der Waals surface area contributed by atoms with E-state index in [4.69, 9.17) is 11.6 Å². The van der Waals surface area contributed by atoms with Gasteiger partial charge >= 0.3 is 5.69 Å². The molecule has 0 radical (unpaired) electrons. The highest BCUT2D eigenvalue weighted by Gasteiger charge is 2.29. The molecule has 116 valence electrons. The number of H-pyrrole nitrogens is 1. The van der Waals surface area contributed by atoms with Crippen LogP contribution in [0.15, 0.2) is 9.59 Å². The van der Waals surface area contributed by atoms with Crippen LogP contribution in [0.25, 0.3) is 0 Å². The van der Waals surface area contributed by atoms with Crippen molar-refractivity contribution in [1.82, 2.24) is 9.55 Å². The molecule has 1 heterocycles. The van der Waals surface area contributed by atoms with Gasteiger partial charge in [0.25, 0.3) is 5.56 Å². The van der Waals surface area contributed by atoms with Crippen LogP contribution in [0.5, 0.6) is 0 Å². The summed E-state index contributed by atoms with van der Waals surface area (Å²) in [5.74, 6) is 0.644. The van der Waals surface area contributed by atoms with E-state index in [-0.39, 0.29) is 28.4 Å². The van der Waals surface area contributed by atoms with Gasteiger partial charge < -0.3 is 0 Å². The van der Waals surface area contributed by atoms with E-state index in [0.717, 1.165) is 38.5 Å². The van der Waals surface area contributed by atoms with Crippen LogP contribution in [0.1, 0.15) is 75.8 Å². The van der Waals surface area contributed by atoms with Crippen molar-refractivity contribution in [2.75, 3.05) is 0 Å². The zero-order valence-corrected chi connectivity index (χ0v) is 13.3. The number of nitrogens with zero attached hydrogens (tertiary/aromatic N) is 1. The summed E-state index contributed by atoms with van der Waals surface area (Å²) in [6.45, 7) is 2.00. The summed E-state index contributed by atoms with van der Waals surface area (Å²) < 4.78 is 1.43. The summed E-state index contributed by atoms with van der Waals surface area (Å²) in [7, 11) is 0. The molecule has 5 heteroatoms. The monoisotopic (exact) mass is 310 g/mol. The minimum atomic E-state index is -0.355. The van der Waals surface area contributed by atoms with Crippen LogP contribution in [0.3, 0.4) is 0 Å². The molecule has 1 atom stereocenters. The molecule has 0 amide bonds. The maximum absolute atomic E-state index is 12.9. The molecule has 0 bridgehead atoms. The molecule has 2 aliphatic rings. The first-order chi connectivity index (χ1) is 10.1. The first-order valence-corrected chi connectivity index (χ1v) is 8.51. The molecule has 0 aromatic carbocycles. The van der Waals surface area contributed by atoms with Gasteiger partial charge in [-0.25, -0.2) is 4.79 Å². The number of hydrogen-bond donors (Lipinski definition) is 1. The predicted octanol–water partition coefficient (Wildman–Crippen LogP) is 3.60. The first kappa shape index (κ1) is 14.9. The van der Waals surface area contributed by atoms with Gasteiger partial charge in [0, 0.05) is 6.04 Å². The van der Waals surface area contributed by atoms with Crippen LogP contribution in [0.4, 0.5) is 0 Å². The lowest BCUT2D eigenvalue weighted by molar-refractivity contribution is 0.340. The Morgan fingerprint density at radius 1 is 1.10 bits per heavy atom. The van der Waals surface area contributed by atoms with Gasteiger partial charge in [0.1, 0.15) is 5.15 Å². The molecule has 1 aromatic heterocycles. The summed E-state index contributed by atoms with van der Waals surface area (Å²) in [6, 6.07) is -0.0406. The van der Waals surface area contributed by atoms with Crippen LogP contribution in [0.2, 0.25) is 5.15 Å². The average molecular weight is 311 g/mol. The van der Waals surface area contributed by atoms with Crippen LogP contribution in [-0.4, -0.2) is 9.55 Å². The van der Waals surface area contributed by atoms with E-state index in [9.17, 15) is 9.59 Å². The Morgan fingerprint density at radius 3 is 2.29 bits per heavy atom. The molecular weight excluding hydrogens is 288 g/mol. The highest BCUT2D eigenvalue weighted by Crippen LogP contribution is 2.36. The van der Waals surface area contributed by atoms with Gasteiger partial charge in [-0.1, -0.05) is 37.3 Å². The SMILES string of the molecule is CC(C1CCCC1)n1c(=O)[nH]c(Cl)c(C2CCCC2)c1=O. The Bertz CT molecular complexity index is 622. The van der Waals surface area contributed by atoms with E-state index in [1.54, 1.807) is 0 Å². The third kappa shape index (κ3) is 2.70. The van der Waals surface area contributed by atoms with Gasteiger partial charge in [-0.2, -0.15) is 0 Å². The molecular formula is C16H23ClN2O2.